The zero-order chi connectivity index (χ0) is 61.3. The maximum Gasteiger partial charge on any atom is 0.328 e. The Morgan fingerprint density at radius 1 is 0.459 bits per heavy atom. The number of nitrogens with zero attached hydrogens (tertiary/aromatic N) is 1. The van der Waals surface area contributed by atoms with Gasteiger partial charge in [0.2, 0.25) is 27.7 Å². The van der Waals surface area contributed by atoms with Crippen LogP contribution in [0.1, 0.15) is 24.1 Å². The van der Waals surface area contributed by atoms with Gasteiger partial charge in [-0.25, -0.2) is 22.8 Å². The maximum atomic E-state index is 13.0. The Hall–Kier alpha value is -8.75. The highest BCUT2D eigenvalue weighted by atomic mass is 32.2. The second-order valence-electron chi connectivity index (χ2n) is 18.9. The number of carbonyl (C=O) groups excluding carboxylic acids is 6. The summed E-state index contributed by atoms with van der Waals surface area (Å²) >= 11 is 0. The largest absolute Gasteiger partial charge is 0.467 e. The quantitative estimate of drug-likeness (QED) is 0.0197. The van der Waals surface area contributed by atoms with E-state index in [1.165, 1.54) is 54.8 Å². The normalized spacial score (nSPS) is 13.0. The van der Waals surface area contributed by atoms with E-state index in [0.717, 1.165) is 61.1 Å². The van der Waals surface area contributed by atoms with Crippen molar-refractivity contribution in [3.8, 4) is 0 Å². The molecule has 85 heavy (non-hydrogen) atoms. The van der Waals surface area contributed by atoms with Gasteiger partial charge in [-0.15, -0.1) is 0 Å². The van der Waals surface area contributed by atoms with Crippen LogP contribution >= 0.6 is 0 Å². The molecule has 7 aromatic carbocycles. The number of para-hydroxylation sites is 1. The van der Waals surface area contributed by atoms with Crippen LogP contribution in [0, 0.1) is 10.1 Å². The van der Waals surface area contributed by atoms with Gasteiger partial charge in [0.05, 0.1) is 46.1 Å². The van der Waals surface area contributed by atoms with Crippen molar-refractivity contribution in [3.63, 3.8) is 0 Å². The lowest BCUT2D eigenvalue weighted by molar-refractivity contribution is -0.387. The molecule has 0 aliphatic rings. The van der Waals surface area contributed by atoms with E-state index in [0.29, 0.717) is 12.8 Å². The van der Waals surface area contributed by atoms with Gasteiger partial charge in [-0.1, -0.05) is 147 Å². The molecule has 6 atom stereocenters. The molecule has 0 unspecified atom stereocenters. The zero-order valence-electron chi connectivity index (χ0n) is 47.2. The second-order valence-corrected chi connectivity index (χ2v) is 20.6. The number of nitrogens with one attached hydrogen (secondary N) is 4. The minimum Gasteiger partial charge on any atom is -0.467 e. The number of ether oxygens (including phenoxy) is 6. The Labute approximate surface area is 493 Å². The Kier molecular flexibility index (Phi) is 27.6. The average Bonchev–Trinajstić information content (AvgIpc) is 3.22. The molecule has 0 spiro atoms. The van der Waals surface area contributed by atoms with Gasteiger partial charge in [0, 0.05) is 46.7 Å². The van der Waals surface area contributed by atoms with E-state index in [1.807, 2.05) is 127 Å². The highest BCUT2D eigenvalue weighted by Crippen LogP contribution is 2.24. The maximum absolute atomic E-state index is 13.0. The Morgan fingerprint density at radius 2 is 0.776 bits per heavy atom. The van der Waals surface area contributed by atoms with Crippen LogP contribution in [-0.4, -0.2) is 148 Å². The summed E-state index contributed by atoms with van der Waals surface area (Å²) in [4.78, 5) is 83.4. The number of hydrogen-bond donors (Lipinski definition) is 6. The number of hydrogen-bond acceptors (Lipinski definition) is 18. The lowest BCUT2D eigenvalue weighted by Crippen LogP contribution is -2.54. The van der Waals surface area contributed by atoms with Crippen LogP contribution < -0.4 is 32.1 Å². The summed E-state index contributed by atoms with van der Waals surface area (Å²) in [7, 11) is 3.43. The first-order chi connectivity index (χ1) is 40.2. The lowest BCUT2D eigenvalue weighted by atomic mass is 10.0. The van der Waals surface area contributed by atoms with Crippen molar-refractivity contribution in [2.45, 2.75) is 67.8 Å². The van der Waals surface area contributed by atoms with Crippen LogP contribution in [0.25, 0.3) is 32.3 Å². The number of amides is 3. The third-order valence-corrected chi connectivity index (χ3v) is 14.4. The third kappa shape index (κ3) is 20.5. The minimum absolute atomic E-state index is 0. The van der Waals surface area contributed by atoms with Gasteiger partial charge in [0.25, 0.3) is 5.69 Å². The number of rotatable bonds is 25. The summed E-state index contributed by atoms with van der Waals surface area (Å²) in [5, 5.41) is 25.4. The molecular formula is C61H73N7O16S. The number of nitro groups is 1. The predicted molar refractivity (Wildman–Crippen MR) is 320 cm³/mol. The molecule has 3 amide bonds. The molecule has 7 aromatic rings. The van der Waals surface area contributed by atoms with Gasteiger partial charge in [0.15, 0.2) is 4.90 Å². The van der Waals surface area contributed by atoms with Gasteiger partial charge in [-0.05, 0) is 55.1 Å². The molecule has 24 heteroatoms. The summed E-state index contributed by atoms with van der Waals surface area (Å²) < 4.78 is 57.0. The number of esters is 3. The topological polar surface area (TPSA) is 335 Å². The van der Waals surface area contributed by atoms with E-state index in [4.69, 9.17) is 39.9 Å². The number of benzene rings is 7. The molecule has 7 rings (SSSR count). The van der Waals surface area contributed by atoms with Crippen molar-refractivity contribution < 1.29 is 70.5 Å². The Morgan fingerprint density at radius 3 is 1.11 bits per heavy atom. The van der Waals surface area contributed by atoms with E-state index in [1.54, 1.807) is 0 Å². The van der Waals surface area contributed by atoms with Gasteiger partial charge in [-0.2, -0.15) is 4.72 Å². The third-order valence-electron chi connectivity index (χ3n) is 12.8. The van der Waals surface area contributed by atoms with E-state index < -0.39 is 104 Å². The predicted octanol–water partition coefficient (Wildman–Crippen LogP) is 4.61. The summed E-state index contributed by atoms with van der Waals surface area (Å²) in [6, 6.07) is 39.8. The zero-order valence-corrected chi connectivity index (χ0v) is 48.0. The summed E-state index contributed by atoms with van der Waals surface area (Å²) in [5.41, 5.74) is 13.3. The van der Waals surface area contributed by atoms with Crippen molar-refractivity contribution in [1.82, 2.24) is 20.7 Å². The number of nitrogens with two attached hydrogens (primary N) is 2. The Balaban J connectivity index is 0.000000281. The Bertz CT molecular complexity index is 3390. The molecule has 8 N–H and O–H groups in total. The molecule has 0 saturated heterocycles. The summed E-state index contributed by atoms with van der Waals surface area (Å²) in [6.07, 6.45) is 0.728. The van der Waals surface area contributed by atoms with Crippen molar-refractivity contribution >= 4 is 83.7 Å². The van der Waals surface area contributed by atoms with Crippen LogP contribution in [0.2, 0.25) is 0 Å². The van der Waals surface area contributed by atoms with E-state index in [2.05, 4.69) is 20.7 Å². The molecule has 0 aromatic heterocycles. The molecule has 0 saturated carbocycles. The SMILES string of the molecule is C.COC[C@H](N)C(=O)N[C@@H](Cc1ccc2ccccc2c1)C(=O)OC.COC[C@H](N)C(=O)N[C@@H](Cc1ccc2ccccc2c1)C(=O)OC.COC[C@H](NS(=O)(=O)c1ccccc1[N+](=O)[O-])C(=O)N[C@@H](Cc1ccc2ccccc2c1)C(=O)OC. The molecule has 0 fully saturated rings. The van der Waals surface area contributed by atoms with Crippen molar-refractivity contribution in [3.05, 3.63) is 178 Å². The molecule has 0 bridgehead atoms. The first-order valence-corrected chi connectivity index (χ1v) is 27.6. The number of fused-ring (bicyclic) bond motifs is 3. The standard InChI is InChI=1S/C24H25N3O8S.2C18H22N2O4.CH4/c1-34-15-20(26-36(32,33)22-10-6-5-9-21(22)27(30)31)23(28)25-19(24(29)35-2)14-16-11-12-17-7-3-4-8-18(17)13-16;2*1-23-11-15(19)17(21)20-16(18(22)24-2)10-12-7-8-13-5-3-4-6-14(13)9-12;/h3-13,19-20,26H,14-15H2,1-2H3,(H,25,28);2*3-9,15-16H,10-11,19H2,1-2H3,(H,20,21);1H4/t19-,20-;2*15-,16-;/m000./s1. The van der Waals surface area contributed by atoms with Crippen molar-refractivity contribution in [1.29, 1.82) is 0 Å². The number of nitro benzene ring substituents is 1. The first kappa shape index (κ1) is 68.7. The summed E-state index contributed by atoms with van der Waals surface area (Å²) in [6.45, 7) is -0.235. The van der Waals surface area contributed by atoms with Crippen LogP contribution in [0.3, 0.4) is 0 Å². The number of sulfonamides is 1. The molecule has 23 nitrogen and oxygen atoms in total. The lowest BCUT2D eigenvalue weighted by Gasteiger charge is -2.22. The van der Waals surface area contributed by atoms with Crippen LogP contribution in [0.15, 0.2) is 157 Å². The molecule has 0 aliphatic carbocycles. The molecule has 0 aliphatic heterocycles. The van der Waals surface area contributed by atoms with Crippen molar-refractivity contribution in [2.24, 2.45) is 11.5 Å². The molecule has 0 heterocycles. The van der Waals surface area contributed by atoms with E-state index in [9.17, 15) is 47.3 Å². The highest BCUT2D eigenvalue weighted by Gasteiger charge is 2.33. The van der Waals surface area contributed by atoms with Crippen LogP contribution in [0.4, 0.5) is 5.69 Å². The first-order valence-electron chi connectivity index (χ1n) is 26.1. The molecular weight excluding hydrogens is 1120 g/mol. The van der Waals surface area contributed by atoms with Gasteiger partial charge < -0.3 is 55.8 Å². The smallest absolute Gasteiger partial charge is 0.328 e. The molecule has 454 valence electrons. The van der Waals surface area contributed by atoms with E-state index in [-0.39, 0.29) is 27.1 Å². The average molecular weight is 1190 g/mol. The fraction of sp³-hybridized carbons (Fsp3) is 0.311. The highest BCUT2D eigenvalue weighted by molar-refractivity contribution is 7.89. The van der Waals surface area contributed by atoms with E-state index >= 15 is 0 Å². The minimum atomic E-state index is -4.50. The van der Waals surface area contributed by atoms with Crippen molar-refractivity contribution in [2.75, 3.05) is 62.5 Å². The number of methoxy groups -OCH3 is 6. The molecule has 0 radical (unpaired) electrons. The van der Waals surface area contributed by atoms with Crippen LogP contribution in [0.5, 0.6) is 0 Å². The van der Waals surface area contributed by atoms with Gasteiger partial charge in [0.1, 0.15) is 36.3 Å². The summed E-state index contributed by atoms with van der Waals surface area (Å²) in [5.74, 6) is -3.52. The number of carbonyl (C=O) groups is 6. The van der Waals surface area contributed by atoms with Gasteiger partial charge >= 0.3 is 17.9 Å². The fourth-order valence-electron chi connectivity index (χ4n) is 8.57. The second kappa shape index (κ2) is 34.1. The van der Waals surface area contributed by atoms with Gasteiger partial charge in [-0.3, -0.25) is 24.5 Å². The monoisotopic (exact) mass is 1190 g/mol. The fourth-order valence-corrected chi connectivity index (χ4v) is 9.92. The van der Waals surface area contributed by atoms with Crippen LogP contribution in [-0.2, 0) is 86.5 Å².